The molecule has 0 aliphatic carbocycles. The molecule has 2 aromatic carbocycles. The Labute approximate surface area is 185 Å². The van der Waals surface area contributed by atoms with Gasteiger partial charge in [0.1, 0.15) is 17.0 Å². The van der Waals surface area contributed by atoms with Crippen molar-refractivity contribution in [2.45, 2.75) is 45.2 Å². The van der Waals surface area contributed by atoms with Crippen molar-refractivity contribution < 1.29 is 24.1 Å². The number of carbonyl (C=O) groups excluding carboxylic acids is 1. The van der Waals surface area contributed by atoms with Crippen LogP contribution in [0.2, 0.25) is 0 Å². The summed E-state index contributed by atoms with van der Waals surface area (Å²) >= 11 is 3.51. The van der Waals surface area contributed by atoms with Crippen LogP contribution in [0.3, 0.4) is 0 Å². The number of nitrogens with zero attached hydrogens (tertiary/aromatic N) is 1. The van der Waals surface area contributed by atoms with E-state index in [1.807, 2.05) is 63.2 Å². The molecular formula is C23H28BrNO5. The molecule has 0 radical (unpaired) electrons. The molecule has 0 saturated carbocycles. The van der Waals surface area contributed by atoms with Gasteiger partial charge in [-0.15, -0.1) is 0 Å². The molecule has 3 rings (SSSR count). The number of amides is 1. The standard InChI is InChI=1S/C23H28BrNO5/c1-22(2,3)30-21(26)25-14-23(27,15-25)18-9-17(10-19(24)11-18)13-29-12-16-5-7-20(28-4)8-6-16/h5-11,27H,12-15H2,1-4H3. The average Bonchev–Trinajstić information content (AvgIpc) is 2.64. The Morgan fingerprint density at radius 2 is 1.73 bits per heavy atom. The Balaban J connectivity index is 1.59. The third-order valence-corrected chi connectivity index (χ3v) is 5.21. The third-order valence-electron chi connectivity index (χ3n) is 4.75. The molecule has 1 aliphatic rings. The highest BCUT2D eigenvalue weighted by Gasteiger charge is 2.46. The first-order valence-corrected chi connectivity index (χ1v) is 10.6. The second kappa shape index (κ2) is 8.96. The van der Waals surface area contributed by atoms with Crippen molar-refractivity contribution >= 4 is 22.0 Å². The van der Waals surface area contributed by atoms with Crippen molar-refractivity contribution in [3.63, 3.8) is 0 Å². The van der Waals surface area contributed by atoms with Crippen LogP contribution in [0, 0.1) is 0 Å². The summed E-state index contributed by atoms with van der Waals surface area (Å²) in [7, 11) is 1.64. The summed E-state index contributed by atoms with van der Waals surface area (Å²) in [4.78, 5) is 13.7. The van der Waals surface area contributed by atoms with E-state index in [0.29, 0.717) is 13.2 Å². The number of aliphatic hydroxyl groups is 1. The second-order valence-electron chi connectivity index (χ2n) is 8.56. The van der Waals surface area contributed by atoms with E-state index < -0.39 is 17.3 Å². The SMILES string of the molecule is COc1ccc(COCc2cc(Br)cc(C3(O)CN(C(=O)OC(C)(C)C)C3)c2)cc1. The van der Waals surface area contributed by atoms with Crippen LogP contribution in [0.4, 0.5) is 4.79 Å². The molecule has 0 atom stereocenters. The Morgan fingerprint density at radius 1 is 1.10 bits per heavy atom. The minimum Gasteiger partial charge on any atom is -0.497 e. The maximum atomic E-state index is 12.2. The highest BCUT2D eigenvalue weighted by atomic mass is 79.9. The quantitative estimate of drug-likeness (QED) is 0.657. The maximum Gasteiger partial charge on any atom is 0.410 e. The molecule has 1 fully saturated rings. The fourth-order valence-corrected chi connectivity index (χ4v) is 3.77. The number of halogens is 1. The van der Waals surface area contributed by atoms with Crippen LogP contribution in [-0.4, -0.2) is 41.9 Å². The van der Waals surface area contributed by atoms with Crippen molar-refractivity contribution in [2.75, 3.05) is 20.2 Å². The van der Waals surface area contributed by atoms with Crippen molar-refractivity contribution in [2.24, 2.45) is 0 Å². The second-order valence-corrected chi connectivity index (χ2v) is 9.47. The average molecular weight is 478 g/mol. The van der Waals surface area contributed by atoms with Crippen LogP contribution in [0.15, 0.2) is 46.9 Å². The number of likely N-dealkylation sites (tertiary alicyclic amines) is 1. The number of methoxy groups -OCH3 is 1. The summed E-state index contributed by atoms with van der Waals surface area (Å²) in [6.07, 6.45) is -0.412. The van der Waals surface area contributed by atoms with E-state index in [1.165, 1.54) is 4.90 Å². The summed E-state index contributed by atoms with van der Waals surface area (Å²) in [5, 5.41) is 11.0. The number of ether oxygens (including phenoxy) is 3. The van der Waals surface area contributed by atoms with E-state index >= 15 is 0 Å². The number of rotatable bonds is 6. The molecule has 2 aromatic rings. The predicted molar refractivity (Wildman–Crippen MR) is 117 cm³/mol. The van der Waals surface area contributed by atoms with E-state index in [9.17, 15) is 9.90 Å². The molecule has 1 amide bonds. The minimum atomic E-state index is -1.09. The van der Waals surface area contributed by atoms with Gasteiger partial charge < -0.3 is 24.2 Å². The van der Waals surface area contributed by atoms with Crippen LogP contribution in [0.5, 0.6) is 5.75 Å². The van der Waals surface area contributed by atoms with E-state index in [2.05, 4.69) is 15.9 Å². The van der Waals surface area contributed by atoms with E-state index in [-0.39, 0.29) is 13.1 Å². The van der Waals surface area contributed by atoms with Gasteiger partial charge >= 0.3 is 6.09 Å². The first kappa shape index (κ1) is 22.6. The lowest BCUT2D eigenvalue weighted by Crippen LogP contribution is -2.61. The van der Waals surface area contributed by atoms with Gasteiger partial charge in [-0.25, -0.2) is 4.79 Å². The molecule has 1 N–H and O–H groups in total. The lowest BCUT2D eigenvalue weighted by molar-refractivity contribution is -0.103. The topological polar surface area (TPSA) is 68.2 Å². The summed E-state index contributed by atoms with van der Waals surface area (Å²) in [5.74, 6) is 0.810. The summed E-state index contributed by atoms with van der Waals surface area (Å²) in [6.45, 7) is 6.75. The minimum absolute atomic E-state index is 0.199. The molecule has 30 heavy (non-hydrogen) atoms. The highest BCUT2D eigenvalue weighted by Crippen LogP contribution is 2.35. The van der Waals surface area contributed by atoms with Gasteiger partial charge in [-0.3, -0.25) is 0 Å². The predicted octanol–water partition coefficient (Wildman–Crippen LogP) is 4.61. The van der Waals surface area contributed by atoms with Crippen LogP contribution < -0.4 is 4.74 Å². The largest absolute Gasteiger partial charge is 0.497 e. The normalized spacial score (nSPS) is 15.5. The monoisotopic (exact) mass is 477 g/mol. The van der Waals surface area contributed by atoms with Crippen LogP contribution >= 0.6 is 15.9 Å². The fraction of sp³-hybridized carbons (Fsp3) is 0.435. The summed E-state index contributed by atoms with van der Waals surface area (Å²) in [6, 6.07) is 13.5. The van der Waals surface area contributed by atoms with Gasteiger partial charge in [0, 0.05) is 4.47 Å². The van der Waals surface area contributed by atoms with E-state index in [1.54, 1.807) is 7.11 Å². The van der Waals surface area contributed by atoms with Gasteiger partial charge in [0.05, 0.1) is 33.4 Å². The number of benzene rings is 2. The lowest BCUT2D eigenvalue weighted by Gasteiger charge is -2.46. The molecule has 6 nitrogen and oxygen atoms in total. The van der Waals surface area contributed by atoms with Crippen molar-refractivity contribution in [3.05, 3.63) is 63.6 Å². The highest BCUT2D eigenvalue weighted by molar-refractivity contribution is 9.10. The van der Waals surface area contributed by atoms with Crippen molar-refractivity contribution in [1.82, 2.24) is 4.90 Å². The zero-order valence-corrected chi connectivity index (χ0v) is 19.4. The zero-order valence-electron chi connectivity index (χ0n) is 17.8. The van der Waals surface area contributed by atoms with Gasteiger partial charge in [-0.1, -0.05) is 34.1 Å². The number of β-amino-alcohol motifs (C(OH)–C–C–N with tert-alkyl or cyclic N) is 1. The number of hydrogen-bond donors (Lipinski definition) is 1. The summed E-state index contributed by atoms with van der Waals surface area (Å²) in [5.41, 5.74) is 1.09. The van der Waals surface area contributed by atoms with Gasteiger partial charge in [0.25, 0.3) is 0 Å². The first-order chi connectivity index (χ1) is 14.1. The Hall–Kier alpha value is -2.09. The smallest absolute Gasteiger partial charge is 0.410 e. The molecule has 0 unspecified atom stereocenters. The van der Waals surface area contributed by atoms with Crippen LogP contribution in [0.25, 0.3) is 0 Å². The fourth-order valence-electron chi connectivity index (χ4n) is 3.23. The van der Waals surface area contributed by atoms with Gasteiger partial charge in [0.15, 0.2) is 0 Å². The molecule has 7 heteroatoms. The Kier molecular flexibility index (Phi) is 6.75. The molecular weight excluding hydrogens is 450 g/mol. The van der Waals surface area contributed by atoms with E-state index in [0.717, 1.165) is 26.9 Å². The number of carbonyl (C=O) groups is 1. The lowest BCUT2D eigenvalue weighted by atomic mass is 9.85. The van der Waals surface area contributed by atoms with E-state index in [4.69, 9.17) is 14.2 Å². The van der Waals surface area contributed by atoms with Crippen molar-refractivity contribution in [1.29, 1.82) is 0 Å². The van der Waals surface area contributed by atoms with Crippen LogP contribution in [0.1, 0.15) is 37.5 Å². The van der Waals surface area contributed by atoms with Gasteiger partial charge in [-0.05, 0) is 61.7 Å². The maximum absolute atomic E-state index is 12.2. The third kappa shape index (κ3) is 5.74. The molecule has 162 valence electrons. The Morgan fingerprint density at radius 3 is 2.33 bits per heavy atom. The van der Waals surface area contributed by atoms with Crippen LogP contribution in [-0.2, 0) is 28.3 Å². The molecule has 1 saturated heterocycles. The first-order valence-electron chi connectivity index (χ1n) is 9.79. The zero-order chi connectivity index (χ0) is 21.9. The molecule has 1 aliphatic heterocycles. The molecule has 0 aromatic heterocycles. The van der Waals surface area contributed by atoms with Crippen molar-refractivity contribution in [3.8, 4) is 5.75 Å². The molecule has 1 heterocycles. The Bertz CT molecular complexity index is 885. The molecule has 0 bridgehead atoms. The summed E-state index contributed by atoms with van der Waals surface area (Å²) < 4.78 is 17.2. The number of hydrogen-bond acceptors (Lipinski definition) is 5. The molecule has 0 spiro atoms. The van der Waals surface area contributed by atoms with Gasteiger partial charge in [0.2, 0.25) is 0 Å². The van der Waals surface area contributed by atoms with Gasteiger partial charge in [-0.2, -0.15) is 0 Å².